The van der Waals surface area contributed by atoms with Crippen molar-refractivity contribution in [3.63, 3.8) is 0 Å². The monoisotopic (exact) mass is 623 g/mol. The van der Waals surface area contributed by atoms with Gasteiger partial charge < -0.3 is 24.4 Å². The molecule has 2 heterocycles. The number of piperidine rings is 1. The van der Waals surface area contributed by atoms with E-state index >= 15 is 0 Å². The number of aromatic nitrogens is 2. The highest BCUT2D eigenvalue weighted by Crippen LogP contribution is 2.49. The molecule has 240 valence electrons. The Morgan fingerprint density at radius 3 is 2.09 bits per heavy atom. The summed E-state index contributed by atoms with van der Waals surface area (Å²) in [7, 11) is 6.94. The van der Waals surface area contributed by atoms with E-state index in [0.717, 1.165) is 35.1 Å². The first-order chi connectivity index (χ1) is 21.9. The zero-order chi connectivity index (χ0) is 32.9. The second-order valence-electron chi connectivity index (χ2n) is 13.4. The van der Waals surface area contributed by atoms with Gasteiger partial charge >= 0.3 is 0 Å². The van der Waals surface area contributed by atoms with Gasteiger partial charge in [0.1, 0.15) is 11.5 Å². The molecule has 11 heteroatoms. The van der Waals surface area contributed by atoms with E-state index < -0.39 is 5.41 Å². The second kappa shape index (κ2) is 12.0. The summed E-state index contributed by atoms with van der Waals surface area (Å²) in [6.07, 6.45) is 3.46. The molecule has 2 aliphatic carbocycles. The number of rotatable bonds is 8. The average Bonchev–Trinajstić information content (AvgIpc) is 3.53. The molecule has 6 rings (SSSR count). The van der Waals surface area contributed by atoms with Gasteiger partial charge in [-0.3, -0.25) is 14.4 Å². The maximum absolute atomic E-state index is 13.4. The SMILES string of the molecule is Cc1nnc(C2(C[C@@H](C)NCC(=O)N3C(C#N)C[C@@H]4C[C@@H]43)c3ccc(C(=O)N(C)C)cc3CCc3cc(C(=O)N(C)C)ccc32)o1. The van der Waals surface area contributed by atoms with Crippen LogP contribution in [0, 0.1) is 24.2 Å². The average molecular weight is 624 g/mol. The Hall–Kier alpha value is -4.56. The van der Waals surface area contributed by atoms with Crippen LogP contribution in [0.1, 0.15) is 80.9 Å². The van der Waals surface area contributed by atoms with Gasteiger partial charge in [-0.1, -0.05) is 12.1 Å². The van der Waals surface area contributed by atoms with Gasteiger partial charge in [0.2, 0.25) is 17.7 Å². The smallest absolute Gasteiger partial charge is 0.253 e. The van der Waals surface area contributed by atoms with Gasteiger partial charge in [-0.15, -0.1) is 10.2 Å². The summed E-state index contributed by atoms with van der Waals surface area (Å²) in [6, 6.07) is 13.5. The topological polar surface area (TPSA) is 136 Å². The summed E-state index contributed by atoms with van der Waals surface area (Å²) in [5.41, 5.74) is 4.09. The van der Waals surface area contributed by atoms with Crippen LogP contribution in [0.4, 0.5) is 0 Å². The van der Waals surface area contributed by atoms with Gasteiger partial charge in [0.15, 0.2) is 0 Å². The van der Waals surface area contributed by atoms with Gasteiger partial charge in [-0.25, -0.2) is 0 Å². The molecule has 1 saturated heterocycles. The molecule has 1 unspecified atom stereocenters. The molecule has 0 radical (unpaired) electrons. The van der Waals surface area contributed by atoms with Gasteiger partial charge in [0, 0.05) is 58.3 Å². The van der Waals surface area contributed by atoms with E-state index in [1.807, 2.05) is 43.3 Å². The zero-order valence-corrected chi connectivity index (χ0v) is 27.3. The van der Waals surface area contributed by atoms with Crippen LogP contribution in [-0.2, 0) is 23.1 Å². The van der Waals surface area contributed by atoms with Gasteiger partial charge in [0.05, 0.1) is 12.6 Å². The van der Waals surface area contributed by atoms with Crippen molar-refractivity contribution in [2.24, 2.45) is 5.92 Å². The lowest BCUT2D eigenvalue weighted by Crippen LogP contribution is -2.46. The summed E-state index contributed by atoms with van der Waals surface area (Å²) in [6.45, 7) is 3.89. The summed E-state index contributed by atoms with van der Waals surface area (Å²) < 4.78 is 6.27. The number of carbonyl (C=O) groups is 3. The minimum Gasteiger partial charge on any atom is -0.424 e. The molecule has 0 bridgehead atoms. The highest BCUT2D eigenvalue weighted by atomic mass is 16.4. The van der Waals surface area contributed by atoms with Gasteiger partial charge in [-0.2, -0.15) is 5.26 Å². The molecule has 1 saturated carbocycles. The van der Waals surface area contributed by atoms with E-state index in [2.05, 4.69) is 21.6 Å². The zero-order valence-electron chi connectivity index (χ0n) is 27.3. The van der Waals surface area contributed by atoms with E-state index in [-0.39, 0.29) is 42.4 Å². The van der Waals surface area contributed by atoms with Gasteiger partial charge in [0.25, 0.3) is 11.8 Å². The molecule has 3 aromatic rings. The first-order valence-corrected chi connectivity index (χ1v) is 15.9. The molecule has 3 aliphatic rings. The Balaban J connectivity index is 1.44. The van der Waals surface area contributed by atoms with Crippen LogP contribution in [0.15, 0.2) is 40.8 Å². The number of carbonyl (C=O) groups excluding carboxylic acids is 3. The van der Waals surface area contributed by atoms with Crippen LogP contribution in [0.2, 0.25) is 0 Å². The van der Waals surface area contributed by atoms with Crippen LogP contribution >= 0.6 is 0 Å². The molecule has 1 aliphatic heterocycles. The summed E-state index contributed by atoms with van der Waals surface area (Å²) in [5, 5.41) is 21.9. The van der Waals surface area contributed by atoms with E-state index in [0.29, 0.717) is 48.1 Å². The number of hydrogen-bond acceptors (Lipinski definition) is 8. The molecule has 1 aromatic heterocycles. The standard InChI is InChI=1S/C35H41N7O4/c1-20(37-19-31(43)42-27(18-36)15-26-16-30(26)42)17-35(34-39-38-21(2)46-34)28-11-9-24(32(44)40(3)4)13-22(28)7-8-23-14-25(10-12-29(23)35)33(45)41(5)6/h9-14,20,26-27,30,37H,7-8,15-17,19H2,1-6H3/t20-,26-,27?,30+/m1/s1. The fourth-order valence-corrected chi connectivity index (χ4v) is 7.45. The number of benzene rings is 2. The summed E-state index contributed by atoms with van der Waals surface area (Å²) in [5.74, 6) is 1.04. The quantitative estimate of drug-likeness (QED) is 0.405. The third-order valence-corrected chi connectivity index (χ3v) is 9.75. The second-order valence-corrected chi connectivity index (χ2v) is 13.4. The third-order valence-electron chi connectivity index (χ3n) is 9.75. The Bertz CT molecular complexity index is 1670. The van der Waals surface area contributed by atoms with Crippen molar-refractivity contribution in [1.82, 2.24) is 30.2 Å². The number of hydrogen-bond donors (Lipinski definition) is 1. The number of fused-ring (bicyclic) bond motifs is 3. The number of nitriles is 1. The van der Waals surface area contributed by atoms with Gasteiger partial charge in [-0.05, 0) is 91.5 Å². The highest BCUT2D eigenvalue weighted by molar-refractivity contribution is 5.95. The number of likely N-dealkylation sites (tertiary alicyclic amines) is 1. The molecular formula is C35H41N7O4. The first-order valence-electron chi connectivity index (χ1n) is 15.9. The van der Waals surface area contributed by atoms with E-state index in [1.165, 1.54) is 0 Å². The Morgan fingerprint density at radius 1 is 1.00 bits per heavy atom. The lowest BCUT2D eigenvalue weighted by molar-refractivity contribution is -0.131. The fourth-order valence-electron chi connectivity index (χ4n) is 7.45. The van der Waals surface area contributed by atoms with Crippen LogP contribution in [-0.4, -0.2) is 95.5 Å². The van der Waals surface area contributed by atoms with Crippen molar-refractivity contribution in [3.05, 3.63) is 81.6 Å². The van der Waals surface area contributed by atoms with Crippen LogP contribution in [0.25, 0.3) is 0 Å². The third kappa shape index (κ3) is 5.45. The number of nitrogens with zero attached hydrogens (tertiary/aromatic N) is 6. The van der Waals surface area contributed by atoms with Crippen molar-refractivity contribution in [2.75, 3.05) is 34.7 Å². The number of amides is 3. The fraction of sp³-hybridized carbons (Fsp3) is 0.486. The summed E-state index contributed by atoms with van der Waals surface area (Å²) in [4.78, 5) is 44.3. The van der Waals surface area contributed by atoms with Crippen molar-refractivity contribution in [3.8, 4) is 6.07 Å². The molecule has 2 aromatic carbocycles. The minimum absolute atomic E-state index is 0.0635. The molecule has 4 atom stereocenters. The number of aryl methyl sites for hydroxylation is 3. The Labute approximate surface area is 269 Å². The Morgan fingerprint density at radius 2 is 1.59 bits per heavy atom. The van der Waals surface area contributed by atoms with Crippen LogP contribution in [0.5, 0.6) is 0 Å². The van der Waals surface area contributed by atoms with Crippen LogP contribution in [0.3, 0.4) is 0 Å². The molecule has 2 fully saturated rings. The normalized spacial score (nSPS) is 21.2. The van der Waals surface area contributed by atoms with Crippen molar-refractivity contribution in [1.29, 1.82) is 5.26 Å². The van der Waals surface area contributed by atoms with E-state index in [1.54, 1.807) is 49.8 Å². The lowest BCUT2D eigenvalue weighted by Gasteiger charge is -2.36. The maximum Gasteiger partial charge on any atom is 0.253 e. The first kappa shape index (κ1) is 31.4. The molecule has 46 heavy (non-hydrogen) atoms. The van der Waals surface area contributed by atoms with Crippen molar-refractivity contribution < 1.29 is 18.8 Å². The molecule has 3 amide bonds. The van der Waals surface area contributed by atoms with Crippen molar-refractivity contribution in [2.45, 2.75) is 69.5 Å². The molecule has 11 nitrogen and oxygen atoms in total. The predicted molar refractivity (Wildman–Crippen MR) is 170 cm³/mol. The number of nitrogens with one attached hydrogen (secondary N) is 1. The minimum atomic E-state index is -0.943. The highest BCUT2D eigenvalue weighted by Gasteiger charge is 2.54. The molecule has 0 spiro atoms. The van der Waals surface area contributed by atoms with E-state index in [9.17, 15) is 19.6 Å². The Kier molecular flexibility index (Phi) is 8.19. The predicted octanol–water partition coefficient (Wildman–Crippen LogP) is 3.10. The van der Waals surface area contributed by atoms with E-state index in [4.69, 9.17) is 4.42 Å². The summed E-state index contributed by atoms with van der Waals surface area (Å²) >= 11 is 0. The molecular weight excluding hydrogens is 582 g/mol. The van der Waals surface area contributed by atoms with Crippen LogP contribution < -0.4 is 5.32 Å². The largest absolute Gasteiger partial charge is 0.424 e. The molecule has 1 N–H and O–H groups in total. The van der Waals surface area contributed by atoms with Crippen molar-refractivity contribution >= 4 is 17.7 Å². The maximum atomic E-state index is 13.4. The lowest BCUT2D eigenvalue weighted by atomic mass is 9.68.